The van der Waals surface area contributed by atoms with Crippen molar-refractivity contribution in [2.45, 2.75) is 24.9 Å². The molecule has 68 valence electrons. The van der Waals surface area contributed by atoms with Crippen LogP contribution in [-0.2, 0) is 4.79 Å². The number of aliphatic hydroxyl groups is 1. The predicted octanol–water partition coefficient (Wildman–Crippen LogP) is -0.474. The van der Waals surface area contributed by atoms with Crippen molar-refractivity contribution in [3.63, 3.8) is 0 Å². The monoisotopic (exact) mass is 171 g/mol. The highest BCUT2D eigenvalue weighted by molar-refractivity contribution is 5.78. The van der Waals surface area contributed by atoms with Gasteiger partial charge in [0.1, 0.15) is 6.04 Å². The Morgan fingerprint density at radius 2 is 2.17 bits per heavy atom. The summed E-state index contributed by atoms with van der Waals surface area (Å²) in [5.41, 5.74) is 0. The molecule has 12 heavy (non-hydrogen) atoms. The molecule has 2 fully saturated rings. The molecule has 0 aromatic rings. The number of hydrogen-bond acceptors (Lipinski definition) is 3. The molecule has 2 N–H and O–H groups in total. The van der Waals surface area contributed by atoms with Crippen molar-refractivity contribution in [2.24, 2.45) is 5.92 Å². The van der Waals surface area contributed by atoms with Crippen molar-refractivity contribution in [3.05, 3.63) is 0 Å². The second-order valence-electron chi connectivity index (χ2n) is 3.57. The highest BCUT2D eigenvalue weighted by Gasteiger charge is 2.58. The largest absolute Gasteiger partial charge is 0.480 e. The van der Waals surface area contributed by atoms with Gasteiger partial charge in [0, 0.05) is 12.6 Å². The van der Waals surface area contributed by atoms with E-state index >= 15 is 0 Å². The number of nitrogens with zero attached hydrogens (tertiary/aromatic N) is 1. The summed E-state index contributed by atoms with van der Waals surface area (Å²) in [7, 11) is 0. The fourth-order valence-corrected chi connectivity index (χ4v) is 1.95. The van der Waals surface area contributed by atoms with Crippen molar-refractivity contribution in [2.75, 3.05) is 13.2 Å². The Labute approximate surface area is 70.8 Å². The van der Waals surface area contributed by atoms with Gasteiger partial charge in [0.05, 0.1) is 6.61 Å². The normalized spacial score (nSPS) is 39.6. The van der Waals surface area contributed by atoms with E-state index in [1.54, 1.807) is 0 Å². The van der Waals surface area contributed by atoms with E-state index in [0.29, 0.717) is 12.5 Å². The van der Waals surface area contributed by atoms with Gasteiger partial charge in [-0.3, -0.25) is 9.69 Å². The highest BCUT2D eigenvalue weighted by atomic mass is 16.4. The Bertz CT molecular complexity index is 202. The van der Waals surface area contributed by atoms with Gasteiger partial charge in [-0.2, -0.15) is 0 Å². The Hall–Kier alpha value is -0.610. The summed E-state index contributed by atoms with van der Waals surface area (Å²) < 4.78 is 0. The standard InChI is InChI=1S/C8H13NO3/c10-4-3-9-6(5-1-2-5)7(9)8(11)12/h5-7,10H,1-4H2,(H,11,12). The molecule has 0 bridgehead atoms. The molecule has 0 radical (unpaired) electrons. The van der Waals surface area contributed by atoms with Crippen LogP contribution in [0.25, 0.3) is 0 Å². The third kappa shape index (κ3) is 1.21. The van der Waals surface area contributed by atoms with E-state index in [-0.39, 0.29) is 18.7 Å². The van der Waals surface area contributed by atoms with Gasteiger partial charge in [-0.05, 0) is 18.8 Å². The fourth-order valence-electron chi connectivity index (χ4n) is 1.95. The molecular weight excluding hydrogens is 158 g/mol. The Morgan fingerprint density at radius 1 is 1.50 bits per heavy atom. The van der Waals surface area contributed by atoms with E-state index in [0.717, 1.165) is 12.8 Å². The van der Waals surface area contributed by atoms with Crippen LogP contribution in [0.3, 0.4) is 0 Å². The van der Waals surface area contributed by atoms with E-state index in [1.807, 2.05) is 4.90 Å². The van der Waals surface area contributed by atoms with Crippen LogP contribution >= 0.6 is 0 Å². The van der Waals surface area contributed by atoms with Crippen molar-refractivity contribution in [1.29, 1.82) is 0 Å². The van der Waals surface area contributed by atoms with Gasteiger partial charge < -0.3 is 10.2 Å². The number of rotatable bonds is 4. The fraction of sp³-hybridized carbons (Fsp3) is 0.875. The third-order valence-corrected chi connectivity index (χ3v) is 2.69. The molecule has 2 aliphatic rings. The molecule has 3 atom stereocenters. The lowest BCUT2D eigenvalue weighted by molar-refractivity contribution is -0.137. The second kappa shape index (κ2) is 2.71. The average Bonchev–Trinajstić information content (AvgIpc) is 2.78. The average molecular weight is 171 g/mol. The zero-order valence-electron chi connectivity index (χ0n) is 6.81. The quantitative estimate of drug-likeness (QED) is 0.561. The summed E-state index contributed by atoms with van der Waals surface area (Å²) in [6.07, 6.45) is 2.33. The molecular formula is C8H13NO3. The van der Waals surface area contributed by atoms with Crippen LogP contribution in [-0.4, -0.2) is 46.3 Å². The first kappa shape index (κ1) is 8.01. The first-order valence-electron chi connectivity index (χ1n) is 4.35. The maximum Gasteiger partial charge on any atom is 0.322 e. The molecule has 0 aromatic carbocycles. The molecule has 0 spiro atoms. The Kier molecular flexibility index (Phi) is 1.81. The number of aliphatic hydroxyl groups excluding tert-OH is 1. The zero-order valence-corrected chi connectivity index (χ0v) is 6.81. The number of carboxylic acids is 1. The van der Waals surface area contributed by atoms with E-state index < -0.39 is 5.97 Å². The lowest BCUT2D eigenvalue weighted by Gasteiger charge is -1.96. The van der Waals surface area contributed by atoms with Gasteiger partial charge in [-0.1, -0.05) is 0 Å². The molecule has 2 rings (SSSR count). The molecule has 3 unspecified atom stereocenters. The van der Waals surface area contributed by atoms with Crippen LogP contribution < -0.4 is 0 Å². The minimum absolute atomic E-state index is 0.0625. The maximum absolute atomic E-state index is 10.7. The summed E-state index contributed by atoms with van der Waals surface area (Å²) in [5, 5.41) is 17.4. The topological polar surface area (TPSA) is 60.5 Å². The summed E-state index contributed by atoms with van der Waals surface area (Å²) >= 11 is 0. The number of aliphatic carboxylic acids is 1. The van der Waals surface area contributed by atoms with Gasteiger partial charge >= 0.3 is 5.97 Å². The Balaban J connectivity index is 1.91. The lowest BCUT2D eigenvalue weighted by atomic mass is 10.2. The number of carboxylic acid groups (broad SMARTS) is 1. The van der Waals surface area contributed by atoms with Crippen molar-refractivity contribution < 1.29 is 15.0 Å². The van der Waals surface area contributed by atoms with E-state index in [9.17, 15) is 4.79 Å². The van der Waals surface area contributed by atoms with Crippen molar-refractivity contribution >= 4 is 5.97 Å². The van der Waals surface area contributed by atoms with Crippen molar-refractivity contribution in [3.8, 4) is 0 Å². The van der Waals surface area contributed by atoms with E-state index in [2.05, 4.69) is 0 Å². The minimum Gasteiger partial charge on any atom is -0.480 e. The van der Waals surface area contributed by atoms with Crippen LogP contribution in [0.1, 0.15) is 12.8 Å². The Morgan fingerprint density at radius 3 is 2.58 bits per heavy atom. The molecule has 1 heterocycles. The summed E-state index contributed by atoms with van der Waals surface area (Å²) in [5.74, 6) is -0.141. The molecule has 1 saturated carbocycles. The van der Waals surface area contributed by atoms with Gasteiger partial charge in [0.25, 0.3) is 0 Å². The van der Waals surface area contributed by atoms with E-state index in [4.69, 9.17) is 10.2 Å². The zero-order chi connectivity index (χ0) is 8.72. The molecule has 1 aliphatic heterocycles. The van der Waals surface area contributed by atoms with Gasteiger partial charge in [0.15, 0.2) is 0 Å². The third-order valence-electron chi connectivity index (χ3n) is 2.69. The summed E-state index contributed by atoms with van der Waals surface area (Å²) in [4.78, 5) is 12.5. The lowest BCUT2D eigenvalue weighted by Crippen LogP contribution is -2.14. The van der Waals surface area contributed by atoms with Crippen molar-refractivity contribution in [1.82, 2.24) is 4.90 Å². The highest BCUT2D eigenvalue weighted by Crippen LogP contribution is 2.46. The predicted molar refractivity (Wildman–Crippen MR) is 41.7 cm³/mol. The maximum atomic E-state index is 10.7. The molecule has 0 amide bonds. The van der Waals surface area contributed by atoms with Crippen LogP contribution in [0.5, 0.6) is 0 Å². The molecule has 4 heteroatoms. The smallest absolute Gasteiger partial charge is 0.322 e. The first-order valence-corrected chi connectivity index (χ1v) is 4.35. The SMILES string of the molecule is O=C(O)C1C(C2CC2)N1CCO. The van der Waals surface area contributed by atoms with Crippen LogP contribution in [0.4, 0.5) is 0 Å². The van der Waals surface area contributed by atoms with Gasteiger partial charge in [-0.15, -0.1) is 0 Å². The van der Waals surface area contributed by atoms with Gasteiger partial charge in [0.2, 0.25) is 0 Å². The first-order chi connectivity index (χ1) is 5.75. The minimum atomic E-state index is -0.736. The molecule has 1 aliphatic carbocycles. The number of β-amino-alcohol motifs (C(OH)–C–C–N with tert-alkyl or cyclic N) is 1. The number of hydrogen-bond donors (Lipinski definition) is 2. The molecule has 0 aromatic heterocycles. The van der Waals surface area contributed by atoms with Crippen LogP contribution in [0, 0.1) is 5.92 Å². The summed E-state index contributed by atoms with van der Waals surface area (Å²) in [6, 6.07) is -0.0701. The van der Waals surface area contributed by atoms with Crippen LogP contribution in [0.2, 0.25) is 0 Å². The molecule has 1 saturated heterocycles. The number of carbonyl (C=O) groups is 1. The van der Waals surface area contributed by atoms with Gasteiger partial charge in [-0.25, -0.2) is 0 Å². The van der Waals surface area contributed by atoms with Crippen LogP contribution in [0.15, 0.2) is 0 Å². The second-order valence-corrected chi connectivity index (χ2v) is 3.57. The molecule has 4 nitrogen and oxygen atoms in total. The van der Waals surface area contributed by atoms with E-state index in [1.165, 1.54) is 0 Å². The summed E-state index contributed by atoms with van der Waals surface area (Å²) in [6.45, 7) is 0.575.